The number of ether oxygens (including phenoxy) is 1. The Kier molecular flexibility index (Phi) is 6.97. The van der Waals surface area contributed by atoms with E-state index in [1.165, 1.54) is 14.1 Å². The standard InChI is InChI=1S/C16H12F11NO3/c1-28(2,7-10(29)30)8-3-5-9(6-4-8)31-12(13(17,18)16(25,26)27)11(14(19,20)21)15(22,23)24/h3-6H,7H2,1-2H3. The number of nitrogens with zero attached hydrogens (tertiary/aromatic N) is 1. The number of hydrogen-bond donors (Lipinski definition) is 0. The van der Waals surface area contributed by atoms with Crippen LogP contribution in [0.4, 0.5) is 54.0 Å². The molecular formula is C16H12F11NO3. The Labute approximate surface area is 166 Å². The van der Waals surface area contributed by atoms with Crippen LogP contribution in [0, 0.1) is 0 Å². The summed E-state index contributed by atoms with van der Waals surface area (Å²) in [4.78, 5) is 10.7. The van der Waals surface area contributed by atoms with Crippen molar-refractivity contribution in [3.63, 3.8) is 0 Å². The van der Waals surface area contributed by atoms with Crippen LogP contribution in [0.3, 0.4) is 0 Å². The van der Waals surface area contributed by atoms with Crippen molar-refractivity contribution in [2.45, 2.75) is 24.5 Å². The van der Waals surface area contributed by atoms with Crippen LogP contribution in [0.1, 0.15) is 0 Å². The lowest BCUT2D eigenvalue weighted by atomic mass is 10.1. The van der Waals surface area contributed by atoms with E-state index in [9.17, 15) is 58.2 Å². The Bertz CT molecular complexity index is 818. The number of carbonyl (C=O) groups excluding carboxylic acids is 1. The lowest BCUT2D eigenvalue weighted by Gasteiger charge is -2.30. The highest BCUT2D eigenvalue weighted by Gasteiger charge is 2.68. The van der Waals surface area contributed by atoms with Crippen molar-refractivity contribution in [3.05, 3.63) is 35.6 Å². The molecule has 0 amide bonds. The van der Waals surface area contributed by atoms with E-state index >= 15 is 0 Å². The zero-order chi connectivity index (χ0) is 24.6. The van der Waals surface area contributed by atoms with Crippen molar-refractivity contribution in [2.75, 3.05) is 20.6 Å². The summed E-state index contributed by atoms with van der Waals surface area (Å²) in [5.41, 5.74) is -4.13. The van der Waals surface area contributed by atoms with Gasteiger partial charge in [0.05, 0.1) is 20.1 Å². The minimum atomic E-state index is -6.85. The Morgan fingerprint density at radius 3 is 1.61 bits per heavy atom. The number of likely N-dealkylation sites (N-methyl/N-ethyl adjacent to an activating group) is 1. The molecule has 0 bridgehead atoms. The van der Waals surface area contributed by atoms with E-state index in [0.29, 0.717) is 12.1 Å². The number of allylic oxidation sites excluding steroid dienone is 2. The quantitative estimate of drug-likeness (QED) is 0.356. The van der Waals surface area contributed by atoms with Crippen LogP contribution in [0.15, 0.2) is 35.6 Å². The molecule has 1 aromatic rings. The minimum absolute atomic E-state index is 0.0385. The van der Waals surface area contributed by atoms with Crippen LogP contribution in [-0.2, 0) is 4.79 Å². The van der Waals surface area contributed by atoms with E-state index in [1.54, 1.807) is 0 Å². The number of rotatable bonds is 6. The molecule has 0 aliphatic carbocycles. The third-order valence-corrected chi connectivity index (χ3v) is 3.72. The van der Waals surface area contributed by atoms with Crippen molar-refractivity contribution in [1.82, 2.24) is 4.48 Å². The van der Waals surface area contributed by atoms with Crippen molar-refractivity contribution in [1.29, 1.82) is 0 Å². The third kappa shape index (κ3) is 6.21. The van der Waals surface area contributed by atoms with E-state index in [2.05, 4.69) is 4.74 Å². The van der Waals surface area contributed by atoms with Crippen LogP contribution in [0.5, 0.6) is 5.75 Å². The van der Waals surface area contributed by atoms with Crippen LogP contribution < -0.4 is 14.3 Å². The third-order valence-electron chi connectivity index (χ3n) is 3.72. The fourth-order valence-corrected chi connectivity index (χ4v) is 2.27. The van der Waals surface area contributed by atoms with Crippen molar-refractivity contribution < 1.29 is 62.9 Å². The SMILES string of the molecule is C[N+](C)(CC(=O)[O-])c1ccc(OC(=C(C(F)(F)F)C(F)(F)F)C(F)(F)C(F)(F)F)cc1. The number of alkyl halides is 11. The van der Waals surface area contributed by atoms with Crippen LogP contribution in [-0.4, -0.2) is 51.1 Å². The lowest BCUT2D eigenvalue weighted by Crippen LogP contribution is -2.49. The molecule has 4 nitrogen and oxygen atoms in total. The number of carbonyl (C=O) groups is 1. The van der Waals surface area contributed by atoms with Crippen LogP contribution in [0.2, 0.25) is 0 Å². The van der Waals surface area contributed by atoms with Gasteiger partial charge in [-0.3, -0.25) is 4.48 Å². The highest BCUT2D eigenvalue weighted by atomic mass is 19.4. The van der Waals surface area contributed by atoms with Crippen LogP contribution in [0.25, 0.3) is 0 Å². The molecule has 0 atom stereocenters. The molecule has 0 aliphatic heterocycles. The number of hydrogen-bond acceptors (Lipinski definition) is 3. The summed E-state index contributed by atoms with van der Waals surface area (Å²) in [6.45, 7) is -0.649. The number of benzene rings is 1. The van der Waals surface area contributed by atoms with Crippen molar-refractivity contribution in [3.8, 4) is 5.75 Å². The summed E-state index contributed by atoms with van der Waals surface area (Å²) < 4.78 is 145. The molecule has 0 spiro atoms. The van der Waals surface area contributed by atoms with E-state index in [1.807, 2.05) is 0 Å². The fraction of sp³-hybridized carbons (Fsp3) is 0.438. The Hall–Kier alpha value is -2.58. The topological polar surface area (TPSA) is 49.4 Å². The predicted octanol–water partition coefficient (Wildman–Crippen LogP) is 3.96. The van der Waals surface area contributed by atoms with Gasteiger partial charge in [-0.05, 0) is 12.1 Å². The Balaban J connectivity index is 3.62. The minimum Gasteiger partial charge on any atom is -0.544 e. The highest BCUT2D eigenvalue weighted by Crippen LogP contribution is 2.49. The Morgan fingerprint density at radius 2 is 1.29 bits per heavy atom. The molecule has 0 radical (unpaired) electrons. The molecule has 0 aromatic heterocycles. The first-order chi connectivity index (χ1) is 13.6. The highest BCUT2D eigenvalue weighted by molar-refractivity contribution is 5.69. The van der Waals surface area contributed by atoms with Gasteiger partial charge in [-0.15, -0.1) is 0 Å². The number of quaternary nitrogens is 1. The summed E-state index contributed by atoms with van der Waals surface area (Å²) in [6.07, 6.45) is -20.2. The number of halogens is 11. The van der Waals surface area contributed by atoms with Gasteiger partial charge in [0.2, 0.25) is 5.76 Å². The van der Waals surface area contributed by atoms with Gasteiger partial charge in [-0.1, -0.05) is 0 Å². The van der Waals surface area contributed by atoms with Gasteiger partial charge in [0.15, 0.2) is 5.57 Å². The van der Waals surface area contributed by atoms with Gasteiger partial charge in [-0.2, -0.15) is 48.3 Å². The first-order valence-electron chi connectivity index (χ1n) is 7.75. The molecule has 0 saturated carbocycles. The lowest BCUT2D eigenvalue weighted by molar-refractivity contribution is -0.305. The molecular weight excluding hydrogens is 463 g/mol. The summed E-state index contributed by atoms with van der Waals surface area (Å²) >= 11 is 0. The maximum absolute atomic E-state index is 13.6. The Morgan fingerprint density at radius 1 is 0.871 bits per heavy atom. The molecule has 0 aliphatic rings. The second-order valence-corrected chi connectivity index (χ2v) is 6.58. The molecule has 0 unspecified atom stereocenters. The van der Waals surface area contributed by atoms with Crippen LogP contribution >= 0.6 is 0 Å². The van der Waals surface area contributed by atoms with E-state index in [0.717, 1.165) is 12.1 Å². The van der Waals surface area contributed by atoms with Crippen molar-refractivity contribution in [2.24, 2.45) is 0 Å². The van der Waals surface area contributed by atoms with E-state index in [4.69, 9.17) is 0 Å². The second-order valence-electron chi connectivity index (χ2n) is 6.58. The molecule has 176 valence electrons. The zero-order valence-corrected chi connectivity index (χ0v) is 15.3. The van der Waals surface area contributed by atoms with E-state index < -0.39 is 58.5 Å². The second kappa shape index (κ2) is 8.16. The molecule has 0 fully saturated rings. The predicted molar refractivity (Wildman–Crippen MR) is 80.7 cm³/mol. The van der Waals surface area contributed by atoms with Gasteiger partial charge < -0.3 is 14.6 Å². The maximum Gasteiger partial charge on any atom is 0.461 e. The summed E-state index contributed by atoms with van der Waals surface area (Å²) in [6, 6.07) is 2.70. The van der Waals surface area contributed by atoms with Gasteiger partial charge in [-0.25, -0.2) is 0 Å². The molecule has 0 saturated heterocycles. The first kappa shape index (κ1) is 26.5. The molecule has 15 heteroatoms. The fourth-order valence-electron chi connectivity index (χ4n) is 2.27. The normalized spacial score (nSPS) is 13.7. The monoisotopic (exact) mass is 475 g/mol. The molecule has 1 rings (SSSR count). The zero-order valence-electron chi connectivity index (χ0n) is 15.3. The first-order valence-corrected chi connectivity index (χ1v) is 7.75. The van der Waals surface area contributed by atoms with Gasteiger partial charge in [0, 0.05) is 12.1 Å². The van der Waals surface area contributed by atoms with Gasteiger partial charge >= 0.3 is 24.5 Å². The number of aliphatic carboxylic acids is 1. The average molecular weight is 475 g/mol. The van der Waals surface area contributed by atoms with Crippen molar-refractivity contribution >= 4 is 11.7 Å². The maximum atomic E-state index is 13.6. The number of carboxylic acids is 1. The molecule has 0 N–H and O–H groups in total. The summed E-state index contributed by atoms with van der Waals surface area (Å²) in [5, 5.41) is 10.7. The number of carboxylic acid groups (broad SMARTS) is 1. The summed E-state index contributed by atoms with van der Waals surface area (Å²) in [5.74, 6) is -13.1. The molecule has 1 aromatic carbocycles. The molecule has 31 heavy (non-hydrogen) atoms. The average Bonchev–Trinajstić information content (AvgIpc) is 2.49. The summed E-state index contributed by atoms with van der Waals surface area (Å²) in [7, 11) is 2.58. The molecule has 0 heterocycles. The van der Waals surface area contributed by atoms with E-state index in [-0.39, 0.29) is 5.69 Å². The van der Waals surface area contributed by atoms with Gasteiger partial charge in [0.1, 0.15) is 18.0 Å². The smallest absolute Gasteiger partial charge is 0.461 e. The largest absolute Gasteiger partial charge is 0.544 e. The van der Waals surface area contributed by atoms with Gasteiger partial charge in [0.25, 0.3) is 0 Å².